The summed E-state index contributed by atoms with van der Waals surface area (Å²) in [6.07, 6.45) is 12.9. The van der Waals surface area contributed by atoms with Gasteiger partial charge in [0.25, 0.3) is 0 Å². The van der Waals surface area contributed by atoms with Crippen LogP contribution < -0.4 is 5.32 Å². The highest BCUT2D eigenvalue weighted by molar-refractivity contribution is 14.0. The molecule has 1 saturated carbocycles. The first-order valence-corrected chi connectivity index (χ1v) is 10.8. The quantitative estimate of drug-likeness (QED) is 0.347. The third kappa shape index (κ3) is 7.17. The number of nitrogens with one attached hydrogen (secondary N) is 1. The van der Waals surface area contributed by atoms with Crippen LogP contribution in [0.15, 0.2) is 23.5 Å². The van der Waals surface area contributed by atoms with Gasteiger partial charge in [-0.1, -0.05) is 12.8 Å². The molecule has 158 valence electrons. The smallest absolute Gasteiger partial charge is 0.193 e. The predicted octanol–water partition coefficient (Wildman–Crippen LogP) is 4.19. The van der Waals surface area contributed by atoms with Gasteiger partial charge in [-0.3, -0.25) is 9.98 Å². The Hall–Kier alpha value is -0.890. The van der Waals surface area contributed by atoms with Crippen LogP contribution in [0.4, 0.5) is 0 Å². The standard InChI is InChI=1S/C22H36N4O.HI/c1-3-24-22(25-13-9-20-8-12-23-16-18(20)2)26-14-10-21(11-15-26)27-17-19-6-4-5-7-19;/h8,12,16,19,21H,3-7,9-11,13-15,17H2,1-2H3,(H,24,25);1H. The van der Waals surface area contributed by atoms with Crippen LogP contribution in [0.25, 0.3) is 0 Å². The summed E-state index contributed by atoms with van der Waals surface area (Å²) < 4.78 is 6.21. The van der Waals surface area contributed by atoms with Crippen molar-refractivity contribution < 1.29 is 4.74 Å². The van der Waals surface area contributed by atoms with Gasteiger partial charge in [-0.05, 0) is 69.1 Å². The van der Waals surface area contributed by atoms with Crippen LogP contribution in [0.2, 0.25) is 0 Å². The van der Waals surface area contributed by atoms with Crippen molar-refractivity contribution in [1.82, 2.24) is 15.2 Å². The van der Waals surface area contributed by atoms with Crippen molar-refractivity contribution in [3.63, 3.8) is 0 Å². The summed E-state index contributed by atoms with van der Waals surface area (Å²) in [6.45, 7) is 9.03. The number of hydrogen-bond acceptors (Lipinski definition) is 3. The number of hydrogen-bond donors (Lipinski definition) is 1. The Bertz CT molecular complexity index is 596. The molecule has 1 aliphatic carbocycles. The van der Waals surface area contributed by atoms with E-state index in [2.05, 4.69) is 35.1 Å². The summed E-state index contributed by atoms with van der Waals surface area (Å²) in [4.78, 5) is 11.4. The Labute approximate surface area is 187 Å². The van der Waals surface area contributed by atoms with Gasteiger partial charge in [0.2, 0.25) is 0 Å². The van der Waals surface area contributed by atoms with E-state index < -0.39 is 0 Å². The average Bonchev–Trinajstić information content (AvgIpc) is 3.21. The van der Waals surface area contributed by atoms with Gasteiger partial charge in [0.15, 0.2) is 5.96 Å². The second-order valence-corrected chi connectivity index (χ2v) is 7.96. The second kappa shape index (κ2) is 12.6. The molecule has 6 heteroatoms. The molecule has 2 fully saturated rings. The number of pyridine rings is 1. The Morgan fingerprint density at radius 1 is 1.25 bits per heavy atom. The number of piperidine rings is 1. The first-order valence-electron chi connectivity index (χ1n) is 10.8. The van der Waals surface area contributed by atoms with Crippen molar-refractivity contribution in [2.75, 3.05) is 32.8 Å². The van der Waals surface area contributed by atoms with Crippen LogP contribution in [0, 0.1) is 12.8 Å². The van der Waals surface area contributed by atoms with E-state index in [1.165, 1.54) is 36.8 Å². The Morgan fingerprint density at radius 3 is 2.68 bits per heavy atom. The number of guanidine groups is 1. The molecule has 1 N–H and O–H groups in total. The van der Waals surface area contributed by atoms with Crippen LogP contribution in [-0.4, -0.2) is 54.7 Å². The molecular weight excluding hydrogens is 463 g/mol. The van der Waals surface area contributed by atoms with E-state index in [1.807, 2.05) is 12.4 Å². The van der Waals surface area contributed by atoms with Crippen molar-refractivity contribution >= 4 is 29.9 Å². The minimum atomic E-state index is 0. The van der Waals surface area contributed by atoms with E-state index in [4.69, 9.17) is 9.73 Å². The number of aromatic nitrogens is 1. The number of ether oxygens (including phenoxy) is 1. The molecule has 3 rings (SSSR count). The lowest BCUT2D eigenvalue weighted by molar-refractivity contribution is 0.00102. The van der Waals surface area contributed by atoms with Crippen molar-refractivity contribution in [1.29, 1.82) is 0 Å². The molecule has 28 heavy (non-hydrogen) atoms. The molecule has 0 bridgehead atoms. The van der Waals surface area contributed by atoms with Crippen molar-refractivity contribution in [3.8, 4) is 0 Å². The van der Waals surface area contributed by atoms with E-state index in [9.17, 15) is 0 Å². The highest BCUT2D eigenvalue weighted by atomic mass is 127. The maximum atomic E-state index is 6.21. The number of aryl methyl sites for hydroxylation is 1. The highest BCUT2D eigenvalue weighted by Gasteiger charge is 2.23. The first kappa shape index (κ1) is 23.4. The molecule has 2 aliphatic rings. The van der Waals surface area contributed by atoms with Crippen LogP contribution in [0.3, 0.4) is 0 Å². The topological polar surface area (TPSA) is 49.8 Å². The summed E-state index contributed by atoms with van der Waals surface area (Å²) in [7, 11) is 0. The fraction of sp³-hybridized carbons (Fsp3) is 0.727. The number of aliphatic imine (C=N–C) groups is 1. The molecule has 0 amide bonds. The molecule has 0 radical (unpaired) electrons. The summed E-state index contributed by atoms with van der Waals surface area (Å²) in [5, 5.41) is 3.47. The van der Waals surface area contributed by atoms with Crippen LogP contribution >= 0.6 is 24.0 Å². The van der Waals surface area contributed by atoms with E-state index in [0.717, 1.165) is 63.9 Å². The lowest BCUT2D eigenvalue weighted by Crippen LogP contribution is -2.47. The van der Waals surface area contributed by atoms with Gasteiger partial charge in [0.05, 0.1) is 6.10 Å². The van der Waals surface area contributed by atoms with Crippen LogP contribution in [-0.2, 0) is 11.2 Å². The fourth-order valence-electron chi connectivity index (χ4n) is 4.17. The monoisotopic (exact) mass is 500 g/mol. The Kier molecular flexibility index (Phi) is 10.5. The largest absolute Gasteiger partial charge is 0.378 e. The van der Waals surface area contributed by atoms with Gasteiger partial charge in [-0.15, -0.1) is 24.0 Å². The summed E-state index contributed by atoms with van der Waals surface area (Å²) >= 11 is 0. The van der Waals surface area contributed by atoms with Crippen molar-refractivity contribution in [3.05, 3.63) is 29.6 Å². The van der Waals surface area contributed by atoms with E-state index in [0.29, 0.717) is 6.10 Å². The van der Waals surface area contributed by atoms with E-state index in [-0.39, 0.29) is 24.0 Å². The normalized spacial score (nSPS) is 18.9. The zero-order valence-electron chi connectivity index (χ0n) is 17.5. The van der Waals surface area contributed by atoms with Gasteiger partial charge < -0.3 is 15.0 Å². The zero-order chi connectivity index (χ0) is 18.9. The maximum absolute atomic E-state index is 6.21. The lowest BCUT2D eigenvalue weighted by atomic mass is 10.1. The average molecular weight is 500 g/mol. The van der Waals surface area contributed by atoms with Gasteiger partial charge in [0.1, 0.15) is 0 Å². The molecule has 0 aromatic carbocycles. The zero-order valence-corrected chi connectivity index (χ0v) is 19.9. The lowest BCUT2D eigenvalue weighted by Gasteiger charge is -2.34. The van der Waals surface area contributed by atoms with E-state index >= 15 is 0 Å². The fourth-order valence-corrected chi connectivity index (χ4v) is 4.17. The molecule has 5 nitrogen and oxygen atoms in total. The molecule has 1 aromatic heterocycles. The Balaban J connectivity index is 0.00000280. The van der Waals surface area contributed by atoms with Gasteiger partial charge >= 0.3 is 0 Å². The number of likely N-dealkylation sites (tertiary alicyclic amines) is 1. The second-order valence-electron chi connectivity index (χ2n) is 7.96. The van der Waals surface area contributed by atoms with Crippen molar-refractivity contribution in [2.45, 2.75) is 64.9 Å². The molecule has 1 aliphatic heterocycles. The maximum Gasteiger partial charge on any atom is 0.193 e. The van der Waals surface area contributed by atoms with E-state index in [1.54, 1.807) is 0 Å². The first-order chi connectivity index (χ1) is 13.3. The van der Waals surface area contributed by atoms with Crippen molar-refractivity contribution in [2.24, 2.45) is 10.9 Å². The third-order valence-electron chi connectivity index (χ3n) is 5.90. The molecule has 2 heterocycles. The predicted molar refractivity (Wildman–Crippen MR) is 127 cm³/mol. The molecule has 1 aromatic rings. The summed E-state index contributed by atoms with van der Waals surface area (Å²) in [5.41, 5.74) is 2.58. The molecule has 0 spiro atoms. The minimum absolute atomic E-state index is 0. The molecule has 0 unspecified atom stereocenters. The van der Waals surface area contributed by atoms with Crippen LogP contribution in [0.1, 0.15) is 56.6 Å². The molecule has 1 saturated heterocycles. The SMILES string of the molecule is CCNC(=NCCc1ccncc1C)N1CCC(OCC2CCCC2)CC1.I. The molecular formula is C22H37IN4O. The van der Waals surface area contributed by atoms with Gasteiger partial charge in [-0.2, -0.15) is 0 Å². The summed E-state index contributed by atoms with van der Waals surface area (Å²) in [6, 6.07) is 2.10. The number of nitrogens with zero attached hydrogens (tertiary/aromatic N) is 3. The highest BCUT2D eigenvalue weighted by Crippen LogP contribution is 2.26. The van der Waals surface area contributed by atoms with Crippen LogP contribution in [0.5, 0.6) is 0 Å². The van der Waals surface area contributed by atoms with Gasteiger partial charge in [0, 0.05) is 45.2 Å². The van der Waals surface area contributed by atoms with Gasteiger partial charge in [-0.25, -0.2) is 0 Å². The summed E-state index contributed by atoms with van der Waals surface area (Å²) in [5.74, 6) is 1.87. The molecule has 0 atom stereocenters. The third-order valence-corrected chi connectivity index (χ3v) is 5.90. The Morgan fingerprint density at radius 2 is 2.00 bits per heavy atom. The number of rotatable bonds is 7. The number of halogens is 1. The minimum Gasteiger partial charge on any atom is -0.378 e.